The van der Waals surface area contributed by atoms with Gasteiger partial charge in [0.25, 0.3) is 6.43 Å². The van der Waals surface area contributed by atoms with Gasteiger partial charge in [0.1, 0.15) is 11.6 Å². The minimum absolute atomic E-state index is 0.0652. The Kier molecular flexibility index (Phi) is 4.71. The van der Waals surface area contributed by atoms with Crippen LogP contribution in [0.3, 0.4) is 0 Å². The Morgan fingerprint density at radius 2 is 2.06 bits per heavy atom. The third-order valence-electron chi connectivity index (χ3n) is 6.09. The normalized spacial score (nSPS) is 24.1. The first-order valence-electron chi connectivity index (χ1n) is 9.87. The second-order valence-electron chi connectivity index (χ2n) is 8.04. The van der Waals surface area contributed by atoms with Gasteiger partial charge in [0.2, 0.25) is 0 Å². The first kappa shape index (κ1) is 20.5. The van der Waals surface area contributed by atoms with Gasteiger partial charge in [0.15, 0.2) is 17.2 Å². The van der Waals surface area contributed by atoms with E-state index in [2.05, 4.69) is 20.3 Å². The van der Waals surface area contributed by atoms with Gasteiger partial charge in [0.05, 0.1) is 17.6 Å². The Labute approximate surface area is 185 Å². The lowest BCUT2D eigenvalue weighted by molar-refractivity contribution is 0.0344. The van der Waals surface area contributed by atoms with Crippen molar-refractivity contribution in [3.05, 3.63) is 58.6 Å². The quantitative estimate of drug-likeness (QED) is 0.582. The number of aromatic nitrogens is 2. The Bertz CT molecular complexity index is 1320. The van der Waals surface area contributed by atoms with Crippen LogP contribution in [0.15, 0.2) is 41.7 Å². The fraction of sp³-hybridized carbons (Fsp3) is 0.273. The van der Waals surface area contributed by atoms with Gasteiger partial charge < -0.3 is 11.1 Å². The number of aliphatic imine (C=N–C) groups is 1. The number of nitrogens with two attached hydrogens (primary N) is 1. The highest BCUT2D eigenvalue weighted by molar-refractivity contribution is 6.31. The molecular formula is C22H16ClF3N6. The fourth-order valence-electron chi connectivity index (χ4n) is 4.52. The monoisotopic (exact) mass is 456 g/mol. The van der Waals surface area contributed by atoms with Gasteiger partial charge in [-0.15, -0.1) is 0 Å². The lowest BCUT2D eigenvalue weighted by Crippen LogP contribution is -2.41. The van der Waals surface area contributed by atoms with Crippen molar-refractivity contribution in [2.45, 2.75) is 24.8 Å². The number of alkyl halides is 2. The molecule has 1 aliphatic carbocycles. The molecule has 3 aromatic rings. The molecule has 10 heteroatoms. The molecule has 3 atom stereocenters. The molecule has 0 radical (unpaired) electrons. The Balaban J connectivity index is 1.60. The summed E-state index contributed by atoms with van der Waals surface area (Å²) in [4.78, 5) is 12.4. The molecule has 3 heterocycles. The average Bonchev–Trinajstić information content (AvgIpc) is 3.55. The van der Waals surface area contributed by atoms with Gasteiger partial charge in [-0.25, -0.2) is 18.2 Å². The van der Waals surface area contributed by atoms with Crippen molar-refractivity contribution in [1.82, 2.24) is 9.97 Å². The molecule has 0 bridgehead atoms. The van der Waals surface area contributed by atoms with Crippen molar-refractivity contribution in [3.8, 4) is 6.07 Å². The van der Waals surface area contributed by atoms with Crippen LogP contribution in [-0.2, 0) is 5.54 Å². The van der Waals surface area contributed by atoms with Crippen LogP contribution in [0.5, 0.6) is 0 Å². The summed E-state index contributed by atoms with van der Waals surface area (Å²) in [7, 11) is 0. The minimum Gasteiger partial charge on any atom is -0.387 e. The molecule has 32 heavy (non-hydrogen) atoms. The van der Waals surface area contributed by atoms with E-state index in [9.17, 15) is 13.2 Å². The number of fused-ring (bicyclic) bond motifs is 2. The maximum Gasteiger partial charge on any atom is 0.267 e. The Morgan fingerprint density at radius 1 is 1.25 bits per heavy atom. The van der Waals surface area contributed by atoms with Gasteiger partial charge in [0, 0.05) is 34.3 Å². The first-order chi connectivity index (χ1) is 15.3. The molecule has 0 saturated heterocycles. The Morgan fingerprint density at radius 3 is 2.81 bits per heavy atom. The molecule has 2 aromatic heterocycles. The molecule has 0 amide bonds. The van der Waals surface area contributed by atoms with E-state index in [-0.39, 0.29) is 50.5 Å². The zero-order chi connectivity index (χ0) is 22.6. The van der Waals surface area contributed by atoms with Crippen molar-refractivity contribution < 1.29 is 13.2 Å². The predicted molar refractivity (Wildman–Crippen MR) is 114 cm³/mol. The highest BCUT2D eigenvalue weighted by Gasteiger charge is 2.62. The lowest BCUT2D eigenvalue weighted by atomic mass is 9.82. The van der Waals surface area contributed by atoms with Crippen LogP contribution in [0.4, 0.5) is 24.7 Å². The lowest BCUT2D eigenvalue weighted by Gasteiger charge is -2.34. The molecule has 5 rings (SSSR count). The maximum atomic E-state index is 14.4. The first-order valence-corrected chi connectivity index (χ1v) is 10.2. The van der Waals surface area contributed by atoms with Crippen LogP contribution >= 0.6 is 11.6 Å². The summed E-state index contributed by atoms with van der Waals surface area (Å²) in [6.45, 7) is 0. The number of rotatable bonds is 4. The third-order valence-corrected chi connectivity index (χ3v) is 6.42. The zero-order valence-corrected chi connectivity index (χ0v) is 17.2. The van der Waals surface area contributed by atoms with E-state index in [0.29, 0.717) is 18.5 Å². The van der Waals surface area contributed by atoms with E-state index in [4.69, 9.17) is 22.6 Å². The van der Waals surface area contributed by atoms with Crippen LogP contribution in [0.1, 0.15) is 24.0 Å². The number of hydrogen-bond acceptors (Lipinski definition) is 6. The SMILES string of the molecule is N#Cc1cnc2c(Nc3ccc(Cl)c([C@]4(C(F)F)N=C(N)C[C@H]5C[C@H]54)c3)ncc(F)c2c1. The molecule has 162 valence electrons. The van der Waals surface area contributed by atoms with E-state index in [1.54, 1.807) is 6.07 Å². The van der Waals surface area contributed by atoms with E-state index in [1.807, 2.05) is 6.07 Å². The summed E-state index contributed by atoms with van der Waals surface area (Å²) in [6, 6.07) is 7.90. The second-order valence-corrected chi connectivity index (χ2v) is 8.45. The van der Waals surface area contributed by atoms with Crippen molar-refractivity contribution >= 4 is 39.8 Å². The number of pyridine rings is 2. The number of anilines is 2. The molecule has 6 nitrogen and oxygen atoms in total. The van der Waals surface area contributed by atoms with Crippen molar-refractivity contribution in [2.75, 3.05) is 5.32 Å². The second kappa shape index (κ2) is 7.35. The number of amidine groups is 1. The summed E-state index contributed by atoms with van der Waals surface area (Å²) in [5, 5.41) is 12.3. The summed E-state index contributed by atoms with van der Waals surface area (Å²) in [6.07, 6.45) is 0.640. The molecule has 2 aliphatic rings. The highest BCUT2D eigenvalue weighted by Crippen LogP contribution is 2.60. The van der Waals surface area contributed by atoms with Gasteiger partial charge in [-0.1, -0.05) is 11.6 Å². The molecule has 0 spiro atoms. The van der Waals surface area contributed by atoms with Crippen LogP contribution in [0.25, 0.3) is 10.9 Å². The molecule has 0 unspecified atom stereocenters. The molecule has 1 aromatic carbocycles. The smallest absolute Gasteiger partial charge is 0.267 e. The summed E-state index contributed by atoms with van der Waals surface area (Å²) in [5.41, 5.74) is 5.08. The predicted octanol–water partition coefficient (Wildman–Crippen LogP) is 4.89. The fourth-order valence-corrected chi connectivity index (χ4v) is 4.79. The van der Waals surface area contributed by atoms with Crippen LogP contribution < -0.4 is 11.1 Å². The van der Waals surface area contributed by atoms with E-state index in [0.717, 1.165) is 6.20 Å². The van der Waals surface area contributed by atoms with E-state index in [1.165, 1.54) is 24.4 Å². The van der Waals surface area contributed by atoms with Crippen LogP contribution in [-0.4, -0.2) is 22.2 Å². The molecule has 3 N–H and O–H groups in total. The van der Waals surface area contributed by atoms with E-state index >= 15 is 0 Å². The topological polar surface area (TPSA) is 100.0 Å². The van der Waals surface area contributed by atoms with Crippen molar-refractivity contribution in [1.29, 1.82) is 5.26 Å². The zero-order valence-electron chi connectivity index (χ0n) is 16.5. The average molecular weight is 457 g/mol. The molecule has 1 saturated carbocycles. The summed E-state index contributed by atoms with van der Waals surface area (Å²) < 4.78 is 43.1. The largest absolute Gasteiger partial charge is 0.387 e. The third kappa shape index (κ3) is 3.14. The molecular weight excluding hydrogens is 441 g/mol. The van der Waals surface area contributed by atoms with Crippen molar-refractivity contribution in [3.63, 3.8) is 0 Å². The Hall–Kier alpha value is -3.38. The molecule has 1 aliphatic heterocycles. The van der Waals surface area contributed by atoms with Crippen LogP contribution in [0, 0.1) is 29.0 Å². The van der Waals surface area contributed by atoms with Gasteiger partial charge >= 0.3 is 0 Å². The summed E-state index contributed by atoms with van der Waals surface area (Å²) >= 11 is 6.37. The number of halogens is 4. The highest BCUT2D eigenvalue weighted by atomic mass is 35.5. The van der Waals surface area contributed by atoms with Crippen molar-refractivity contribution in [2.24, 2.45) is 22.6 Å². The number of nitrogens with one attached hydrogen (secondary N) is 1. The number of nitrogens with zero attached hydrogens (tertiary/aromatic N) is 4. The van der Waals surface area contributed by atoms with Gasteiger partial charge in [-0.3, -0.25) is 9.98 Å². The standard InChI is InChI=1S/C22H16ClF3N6/c23-16-2-1-12(6-15(16)22(21(25)26)14-4-11(14)5-18(28)32-22)31-20-19-13(17(24)9-30-20)3-10(7-27)8-29-19/h1-3,6,8-9,11,14,21H,4-5H2,(H2,28,32)(H,30,31)/t11-,14-,22-/m1/s1. The van der Waals surface area contributed by atoms with Crippen LogP contribution in [0.2, 0.25) is 5.02 Å². The summed E-state index contributed by atoms with van der Waals surface area (Å²) in [5.74, 6) is -0.493. The van der Waals surface area contributed by atoms with E-state index < -0.39 is 17.8 Å². The van der Waals surface area contributed by atoms with Gasteiger partial charge in [-0.05, 0) is 42.5 Å². The number of nitriles is 1. The maximum absolute atomic E-state index is 14.4. The van der Waals surface area contributed by atoms with Gasteiger partial charge in [-0.2, -0.15) is 5.26 Å². The molecule has 1 fully saturated rings. The number of hydrogen-bond donors (Lipinski definition) is 2. The minimum atomic E-state index is -2.79. The number of benzene rings is 1.